The van der Waals surface area contributed by atoms with Gasteiger partial charge in [-0.05, 0) is 18.2 Å². The van der Waals surface area contributed by atoms with Gasteiger partial charge in [-0.15, -0.1) is 5.10 Å². The summed E-state index contributed by atoms with van der Waals surface area (Å²) in [5, 5.41) is 9.98. The highest BCUT2D eigenvalue weighted by atomic mass is 19.1. The standard InChI is InChI=1S/C13H14FN3O2/c1-13(2,3)11(18)15-12-17-16-10(19-12)8-5-4-6-9(14)7-8/h4-7H,1-3H3,(H,15,17,18). The van der Waals surface area contributed by atoms with Crippen molar-refractivity contribution in [2.45, 2.75) is 20.8 Å². The van der Waals surface area contributed by atoms with Crippen LogP contribution in [-0.4, -0.2) is 16.1 Å². The first-order chi connectivity index (χ1) is 8.86. The lowest BCUT2D eigenvalue weighted by Gasteiger charge is -2.15. The van der Waals surface area contributed by atoms with Gasteiger partial charge in [-0.3, -0.25) is 10.1 Å². The van der Waals surface area contributed by atoms with Crippen LogP contribution in [0.25, 0.3) is 11.5 Å². The average Bonchev–Trinajstić information content (AvgIpc) is 2.76. The first-order valence-electron chi connectivity index (χ1n) is 5.77. The molecule has 0 spiro atoms. The Morgan fingerprint density at radius 2 is 2.05 bits per heavy atom. The Balaban J connectivity index is 2.18. The largest absolute Gasteiger partial charge is 0.403 e. The summed E-state index contributed by atoms with van der Waals surface area (Å²) in [6.45, 7) is 5.31. The van der Waals surface area contributed by atoms with Crippen LogP contribution in [-0.2, 0) is 4.79 Å². The Hall–Kier alpha value is -2.24. The van der Waals surface area contributed by atoms with E-state index in [2.05, 4.69) is 15.5 Å². The average molecular weight is 263 g/mol. The molecule has 6 heteroatoms. The summed E-state index contributed by atoms with van der Waals surface area (Å²) in [6, 6.07) is 5.79. The van der Waals surface area contributed by atoms with Crippen LogP contribution in [0, 0.1) is 11.2 Å². The lowest BCUT2D eigenvalue weighted by molar-refractivity contribution is -0.123. The number of anilines is 1. The summed E-state index contributed by atoms with van der Waals surface area (Å²) >= 11 is 0. The zero-order valence-electron chi connectivity index (χ0n) is 10.9. The van der Waals surface area contributed by atoms with E-state index in [9.17, 15) is 9.18 Å². The predicted octanol–water partition coefficient (Wildman–Crippen LogP) is 2.86. The van der Waals surface area contributed by atoms with E-state index >= 15 is 0 Å². The second-order valence-electron chi connectivity index (χ2n) is 5.13. The Kier molecular flexibility index (Phi) is 3.33. The van der Waals surface area contributed by atoms with Crippen LogP contribution in [0.1, 0.15) is 20.8 Å². The van der Waals surface area contributed by atoms with Crippen molar-refractivity contribution in [3.63, 3.8) is 0 Å². The van der Waals surface area contributed by atoms with Gasteiger partial charge in [0.2, 0.25) is 11.8 Å². The summed E-state index contributed by atoms with van der Waals surface area (Å²) in [6.07, 6.45) is 0. The van der Waals surface area contributed by atoms with Crippen LogP contribution < -0.4 is 5.32 Å². The van der Waals surface area contributed by atoms with Gasteiger partial charge >= 0.3 is 6.01 Å². The van der Waals surface area contributed by atoms with Crippen LogP contribution in [0.2, 0.25) is 0 Å². The van der Waals surface area contributed by atoms with Crippen molar-refractivity contribution in [2.24, 2.45) is 5.41 Å². The number of halogens is 1. The molecule has 0 aliphatic rings. The molecule has 1 N–H and O–H groups in total. The maximum atomic E-state index is 13.1. The van der Waals surface area contributed by atoms with Gasteiger partial charge in [0.25, 0.3) is 0 Å². The normalized spacial score (nSPS) is 11.4. The van der Waals surface area contributed by atoms with Gasteiger partial charge in [-0.1, -0.05) is 31.9 Å². The van der Waals surface area contributed by atoms with E-state index < -0.39 is 11.2 Å². The third-order valence-electron chi connectivity index (χ3n) is 2.40. The molecule has 0 aliphatic heterocycles. The summed E-state index contributed by atoms with van der Waals surface area (Å²) in [5.41, 5.74) is -0.100. The zero-order chi connectivity index (χ0) is 14.0. The topological polar surface area (TPSA) is 68.0 Å². The van der Waals surface area contributed by atoms with Crippen LogP contribution in [0.3, 0.4) is 0 Å². The number of nitrogens with one attached hydrogen (secondary N) is 1. The minimum Gasteiger partial charge on any atom is -0.403 e. The molecule has 2 aromatic rings. The molecule has 0 bridgehead atoms. The van der Waals surface area contributed by atoms with Crippen molar-refractivity contribution in [2.75, 3.05) is 5.32 Å². The second-order valence-corrected chi connectivity index (χ2v) is 5.13. The highest BCUT2D eigenvalue weighted by Gasteiger charge is 2.23. The highest BCUT2D eigenvalue weighted by Crippen LogP contribution is 2.22. The monoisotopic (exact) mass is 263 g/mol. The third-order valence-corrected chi connectivity index (χ3v) is 2.40. The van der Waals surface area contributed by atoms with Crippen molar-refractivity contribution >= 4 is 11.9 Å². The fourth-order valence-electron chi connectivity index (χ4n) is 1.30. The molecule has 0 saturated heterocycles. The summed E-state index contributed by atoms with van der Waals surface area (Å²) in [4.78, 5) is 11.7. The molecular formula is C13H14FN3O2. The van der Waals surface area contributed by atoms with E-state index in [4.69, 9.17) is 4.42 Å². The molecule has 0 aliphatic carbocycles. The number of carbonyl (C=O) groups excluding carboxylic acids is 1. The molecule has 5 nitrogen and oxygen atoms in total. The maximum absolute atomic E-state index is 13.1. The van der Waals surface area contributed by atoms with Gasteiger partial charge in [0.1, 0.15) is 5.82 Å². The quantitative estimate of drug-likeness (QED) is 0.904. The summed E-state index contributed by atoms with van der Waals surface area (Å²) in [5.74, 6) is -0.471. The minimum atomic E-state index is -0.562. The molecule has 1 aromatic heterocycles. The van der Waals surface area contributed by atoms with Gasteiger partial charge < -0.3 is 4.42 Å². The number of benzene rings is 1. The Bertz CT molecular complexity index is 602. The lowest BCUT2D eigenvalue weighted by atomic mass is 9.96. The van der Waals surface area contributed by atoms with E-state index in [1.807, 2.05) is 0 Å². The van der Waals surface area contributed by atoms with Gasteiger partial charge in [0.05, 0.1) is 0 Å². The zero-order valence-corrected chi connectivity index (χ0v) is 10.9. The van der Waals surface area contributed by atoms with Crippen LogP contribution in [0.4, 0.5) is 10.4 Å². The van der Waals surface area contributed by atoms with Crippen LogP contribution in [0.15, 0.2) is 28.7 Å². The Morgan fingerprint density at radius 1 is 1.32 bits per heavy atom. The molecular weight excluding hydrogens is 249 g/mol. The number of aromatic nitrogens is 2. The van der Waals surface area contributed by atoms with Gasteiger partial charge in [-0.25, -0.2) is 4.39 Å². The molecule has 1 amide bonds. The van der Waals surface area contributed by atoms with Crippen molar-refractivity contribution in [3.05, 3.63) is 30.1 Å². The third kappa shape index (κ3) is 3.15. The molecule has 0 unspecified atom stereocenters. The number of nitrogens with zero attached hydrogens (tertiary/aromatic N) is 2. The molecule has 1 aromatic carbocycles. The Morgan fingerprint density at radius 3 is 2.68 bits per heavy atom. The van der Waals surface area contributed by atoms with Crippen molar-refractivity contribution < 1.29 is 13.6 Å². The van der Waals surface area contributed by atoms with Gasteiger partial charge in [0.15, 0.2) is 0 Å². The van der Waals surface area contributed by atoms with Crippen molar-refractivity contribution in [1.82, 2.24) is 10.2 Å². The van der Waals surface area contributed by atoms with E-state index in [0.29, 0.717) is 5.56 Å². The van der Waals surface area contributed by atoms with Crippen molar-refractivity contribution in [3.8, 4) is 11.5 Å². The predicted molar refractivity (Wildman–Crippen MR) is 67.8 cm³/mol. The highest BCUT2D eigenvalue weighted by molar-refractivity contribution is 5.92. The first kappa shape index (κ1) is 13.2. The number of hydrogen-bond acceptors (Lipinski definition) is 4. The smallest absolute Gasteiger partial charge is 0.322 e. The lowest BCUT2D eigenvalue weighted by Crippen LogP contribution is -2.27. The van der Waals surface area contributed by atoms with Gasteiger partial charge in [-0.2, -0.15) is 0 Å². The molecule has 1 heterocycles. The van der Waals surface area contributed by atoms with E-state index in [1.165, 1.54) is 12.1 Å². The molecule has 19 heavy (non-hydrogen) atoms. The van der Waals surface area contributed by atoms with Crippen LogP contribution in [0.5, 0.6) is 0 Å². The number of carbonyl (C=O) groups is 1. The molecule has 0 saturated carbocycles. The number of amides is 1. The van der Waals surface area contributed by atoms with Gasteiger partial charge in [0, 0.05) is 11.0 Å². The summed E-state index contributed by atoms with van der Waals surface area (Å²) < 4.78 is 18.3. The maximum Gasteiger partial charge on any atom is 0.322 e. The molecule has 0 fully saturated rings. The first-order valence-corrected chi connectivity index (χ1v) is 5.77. The molecule has 0 atom stereocenters. The van der Waals surface area contributed by atoms with Crippen molar-refractivity contribution in [1.29, 1.82) is 0 Å². The SMILES string of the molecule is CC(C)(C)C(=O)Nc1nnc(-c2cccc(F)c2)o1. The number of rotatable bonds is 2. The number of hydrogen-bond donors (Lipinski definition) is 1. The fourth-order valence-corrected chi connectivity index (χ4v) is 1.30. The molecule has 2 rings (SSSR count). The fraction of sp³-hybridized carbons (Fsp3) is 0.308. The second kappa shape index (κ2) is 4.79. The Labute approximate surface area is 109 Å². The van der Waals surface area contributed by atoms with Crippen LogP contribution >= 0.6 is 0 Å². The van der Waals surface area contributed by atoms with E-state index in [0.717, 1.165) is 0 Å². The molecule has 100 valence electrons. The minimum absolute atomic E-state index is 0.000753. The summed E-state index contributed by atoms with van der Waals surface area (Å²) in [7, 11) is 0. The molecule has 0 radical (unpaired) electrons. The van der Waals surface area contributed by atoms with E-state index in [1.54, 1.807) is 32.9 Å². The van der Waals surface area contributed by atoms with E-state index in [-0.39, 0.29) is 17.8 Å².